The number of ether oxygens (including phenoxy) is 2. The van der Waals surface area contributed by atoms with Gasteiger partial charge in [-0.2, -0.15) is 4.31 Å². The molecule has 1 amide bonds. The maximum Gasteiger partial charge on any atom is 0.252 e. The van der Waals surface area contributed by atoms with Crippen molar-refractivity contribution < 1.29 is 22.7 Å². The van der Waals surface area contributed by atoms with Gasteiger partial charge in [0.25, 0.3) is 10.0 Å². The van der Waals surface area contributed by atoms with Gasteiger partial charge < -0.3 is 14.8 Å². The van der Waals surface area contributed by atoms with Gasteiger partial charge in [-0.15, -0.1) is 11.3 Å². The zero-order chi connectivity index (χ0) is 18.7. The number of carbonyl (C=O) groups excluding carboxylic acids is 1. The van der Waals surface area contributed by atoms with Crippen molar-refractivity contribution >= 4 is 27.3 Å². The fraction of sp³-hybridized carbons (Fsp3) is 0.353. The molecule has 1 atom stereocenters. The molecule has 0 unspecified atom stereocenters. The number of para-hydroxylation sites is 2. The summed E-state index contributed by atoms with van der Waals surface area (Å²) in [4.78, 5) is 11.8. The molecule has 7 nitrogen and oxygen atoms in total. The number of nitrogens with one attached hydrogen (secondary N) is 1. The van der Waals surface area contributed by atoms with Crippen molar-refractivity contribution in [3.8, 4) is 11.5 Å². The van der Waals surface area contributed by atoms with E-state index in [1.807, 2.05) is 18.2 Å². The average molecular weight is 396 g/mol. The Labute approximate surface area is 156 Å². The summed E-state index contributed by atoms with van der Waals surface area (Å²) in [5, 5.41) is 2.66. The molecule has 0 saturated carbocycles. The summed E-state index contributed by atoms with van der Waals surface area (Å²) in [6, 6.07) is 10.6. The second-order valence-electron chi connectivity index (χ2n) is 5.91. The Morgan fingerprint density at radius 3 is 2.73 bits per heavy atom. The molecule has 0 fully saturated rings. The highest BCUT2D eigenvalue weighted by molar-refractivity contribution is 7.91. The molecule has 0 saturated heterocycles. The van der Waals surface area contributed by atoms with Gasteiger partial charge in [0.2, 0.25) is 5.91 Å². The topological polar surface area (TPSA) is 84.9 Å². The minimum atomic E-state index is -3.63. The Morgan fingerprint density at radius 2 is 2.00 bits per heavy atom. The zero-order valence-corrected chi connectivity index (χ0v) is 16.1. The molecule has 9 heteroatoms. The fourth-order valence-electron chi connectivity index (χ4n) is 2.50. The van der Waals surface area contributed by atoms with Crippen LogP contribution in [0.2, 0.25) is 0 Å². The number of nitrogens with zero attached hydrogens (tertiary/aromatic N) is 1. The van der Waals surface area contributed by atoms with E-state index in [-0.39, 0.29) is 29.4 Å². The molecule has 1 aliphatic heterocycles. The van der Waals surface area contributed by atoms with Crippen molar-refractivity contribution in [1.82, 2.24) is 9.62 Å². The van der Waals surface area contributed by atoms with Crippen molar-refractivity contribution in [1.29, 1.82) is 0 Å². The molecular formula is C17H20N2O5S2. The smallest absolute Gasteiger partial charge is 0.252 e. The van der Waals surface area contributed by atoms with E-state index < -0.39 is 10.0 Å². The Balaban J connectivity index is 1.65. The molecule has 1 aromatic carbocycles. The van der Waals surface area contributed by atoms with Crippen LogP contribution in [0.3, 0.4) is 0 Å². The summed E-state index contributed by atoms with van der Waals surface area (Å²) in [5.74, 6) is 1.12. The first-order valence-corrected chi connectivity index (χ1v) is 10.3. The number of benzene rings is 1. The second kappa shape index (κ2) is 7.65. The average Bonchev–Trinajstić information content (AvgIpc) is 3.09. The van der Waals surface area contributed by atoms with Crippen LogP contribution < -0.4 is 14.8 Å². The third kappa shape index (κ3) is 4.17. The summed E-state index contributed by atoms with van der Waals surface area (Å²) < 4.78 is 38.5. The minimum absolute atomic E-state index is 0.158. The third-order valence-corrected chi connectivity index (χ3v) is 7.22. The van der Waals surface area contributed by atoms with Crippen molar-refractivity contribution in [3.63, 3.8) is 0 Å². The molecule has 0 radical (unpaired) electrons. The van der Waals surface area contributed by atoms with E-state index in [4.69, 9.17) is 9.47 Å². The molecule has 3 rings (SSSR count). The largest absolute Gasteiger partial charge is 0.486 e. The van der Waals surface area contributed by atoms with Crippen molar-refractivity contribution in [2.24, 2.45) is 0 Å². The Bertz CT molecular complexity index is 894. The first-order valence-electron chi connectivity index (χ1n) is 8.04. The van der Waals surface area contributed by atoms with Gasteiger partial charge in [-0.05, 0) is 24.3 Å². The molecular weight excluding hydrogens is 376 g/mol. The summed E-state index contributed by atoms with van der Waals surface area (Å²) in [6.07, 6.45) is -0.386. The standard InChI is InChI=1S/C17H20N2O5S2/c1-12(20)18-9-14-7-8-17(25-14)26(21,22)19(2)10-13-11-23-15-5-3-4-6-16(15)24-13/h3-8,13H,9-11H2,1-2H3,(H,18,20)/t13-/m1/s1. The Kier molecular flexibility index (Phi) is 5.49. The predicted molar refractivity (Wildman–Crippen MR) is 98.0 cm³/mol. The quantitative estimate of drug-likeness (QED) is 0.805. The van der Waals surface area contributed by atoms with Crippen molar-refractivity contribution in [2.45, 2.75) is 23.8 Å². The number of hydrogen-bond acceptors (Lipinski definition) is 6. The highest BCUT2D eigenvalue weighted by atomic mass is 32.2. The second-order valence-corrected chi connectivity index (χ2v) is 9.35. The molecule has 140 valence electrons. The van der Waals surface area contributed by atoms with E-state index in [0.29, 0.717) is 18.0 Å². The summed E-state index contributed by atoms with van der Waals surface area (Å²) in [7, 11) is -2.11. The maximum atomic E-state index is 12.8. The first kappa shape index (κ1) is 18.7. The van der Waals surface area contributed by atoms with E-state index in [9.17, 15) is 13.2 Å². The van der Waals surface area contributed by atoms with Crippen LogP contribution in [0.4, 0.5) is 0 Å². The number of likely N-dealkylation sites (N-methyl/N-ethyl adjacent to an activating group) is 1. The lowest BCUT2D eigenvalue weighted by atomic mass is 10.2. The van der Waals surface area contributed by atoms with E-state index in [2.05, 4.69) is 5.32 Å². The monoisotopic (exact) mass is 396 g/mol. The number of thiophene rings is 1. The van der Waals surface area contributed by atoms with E-state index in [0.717, 1.165) is 16.2 Å². The molecule has 2 aromatic rings. The molecule has 26 heavy (non-hydrogen) atoms. The number of amides is 1. The van der Waals surface area contributed by atoms with Gasteiger partial charge in [0.05, 0.1) is 13.1 Å². The molecule has 2 heterocycles. The molecule has 1 N–H and O–H groups in total. The number of fused-ring (bicyclic) bond motifs is 1. The normalized spacial score (nSPS) is 16.5. The number of rotatable bonds is 6. The number of carbonyl (C=O) groups is 1. The van der Waals surface area contributed by atoms with Crippen molar-refractivity contribution in [3.05, 3.63) is 41.3 Å². The van der Waals surface area contributed by atoms with E-state index >= 15 is 0 Å². The molecule has 0 aliphatic carbocycles. The lowest BCUT2D eigenvalue weighted by molar-refractivity contribution is -0.119. The SMILES string of the molecule is CC(=O)NCc1ccc(S(=O)(=O)N(C)C[C@@H]2COc3ccccc3O2)s1. The van der Waals surface area contributed by atoms with Gasteiger partial charge in [0, 0.05) is 18.8 Å². The number of hydrogen-bond donors (Lipinski definition) is 1. The fourth-order valence-corrected chi connectivity index (χ4v) is 5.20. The lowest BCUT2D eigenvalue weighted by Crippen LogP contribution is -2.41. The summed E-state index contributed by atoms with van der Waals surface area (Å²) in [5.41, 5.74) is 0. The maximum absolute atomic E-state index is 12.8. The molecule has 1 aromatic heterocycles. The Hall–Kier alpha value is -2.10. The summed E-state index contributed by atoms with van der Waals surface area (Å²) in [6.45, 7) is 2.20. The Morgan fingerprint density at radius 1 is 1.27 bits per heavy atom. The predicted octanol–water partition coefficient (Wildman–Crippen LogP) is 1.84. The van der Waals surface area contributed by atoms with Crippen LogP contribution in [0.1, 0.15) is 11.8 Å². The van der Waals surface area contributed by atoms with Gasteiger partial charge in [0.1, 0.15) is 16.9 Å². The van der Waals surface area contributed by atoms with Gasteiger partial charge in [-0.25, -0.2) is 8.42 Å². The highest BCUT2D eigenvalue weighted by Gasteiger charge is 2.29. The zero-order valence-electron chi connectivity index (χ0n) is 14.5. The van der Waals surface area contributed by atoms with Gasteiger partial charge in [-0.3, -0.25) is 4.79 Å². The lowest BCUT2D eigenvalue weighted by Gasteiger charge is -2.29. The van der Waals surface area contributed by atoms with Crippen LogP contribution in [0.25, 0.3) is 0 Å². The van der Waals surface area contributed by atoms with Crippen LogP contribution in [0.15, 0.2) is 40.6 Å². The summed E-state index contributed by atoms with van der Waals surface area (Å²) >= 11 is 1.14. The van der Waals surface area contributed by atoms with Gasteiger partial charge in [0.15, 0.2) is 11.5 Å². The van der Waals surface area contributed by atoms with E-state index in [1.54, 1.807) is 18.2 Å². The van der Waals surface area contributed by atoms with Gasteiger partial charge >= 0.3 is 0 Å². The highest BCUT2D eigenvalue weighted by Crippen LogP contribution is 2.31. The van der Waals surface area contributed by atoms with Crippen LogP contribution >= 0.6 is 11.3 Å². The van der Waals surface area contributed by atoms with Crippen LogP contribution in [0.5, 0.6) is 11.5 Å². The van der Waals surface area contributed by atoms with E-state index in [1.165, 1.54) is 18.3 Å². The molecule has 0 bridgehead atoms. The van der Waals surface area contributed by atoms with Crippen LogP contribution in [-0.4, -0.2) is 44.9 Å². The first-order chi connectivity index (χ1) is 12.4. The van der Waals surface area contributed by atoms with Crippen molar-refractivity contribution in [2.75, 3.05) is 20.2 Å². The van der Waals surface area contributed by atoms with Crippen LogP contribution in [-0.2, 0) is 21.4 Å². The van der Waals surface area contributed by atoms with Gasteiger partial charge in [-0.1, -0.05) is 12.1 Å². The number of sulfonamides is 1. The molecule has 0 spiro atoms. The minimum Gasteiger partial charge on any atom is -0.486 e. The third-order valence-electron chi connectivity index (χ3n) is 3.84. The van der Waals surface area contributed by atoms with Crippen LogP contribution in [0, 0.1) is 0 Å². The molecule has 1 aliphatic rings.